The normalized spacial score (nSPS) is 17.0. The average molecular weight is 1620 g/mol. The number of nitrogens with two attached hydrogens (primary N) is 6. The molecule has 0 spiro atoms. The number of carbonyl (C=O) groups excluding carboxylic acids is 12. The molecule has 1 fully saturated rings. The lowest BCUT2D eigenvalue weighted by Gasteiger charge is -2.30. The largest absolute Gasteiger partial charge is 0.490 e. The summed E-state index contributed by atoms with van der Waals surface area (Å²) in [6.45, 7) is 7.11. The Morgan fingerprint density at radius 1 is 0.509 bits per heavy atom. The second-order valence-electron chi connectivity index (χ2n) is 28.9. The molecule has 0 saturated carbocycles. The van der Waals surface area contributed by atoms with Crippen LogP contribution in [-0.2, 0) is 76.8 Å². The zero-order valence-corrected chi connectivity index (χ0v) is 66.4. The quantitative estimate of drug-likeness (QED) is 0.0114. The summed E-state index contributed by atoms with van der Waals surface area (Å²) in [5.41, 5.74) is 35.4. The first-order chi connectivity index (χ1) is 55.3. The molecule has 39 heteroatoms. The molecule has 0 unspecified atom stereocenters. The Labute approximate surface area is 675 Å². The highest BCUT2D eigenvalue weighted by Crippen LogP contribution is 2.23. The number of primary amides is 1. The topological polar surface area (TPSA) is 646 Å². The summed E-state index contributed by atoms with van der Waals surface area (Å²) >= 11 is 0. The first kappa shape index (κ1) is 94.3. The lowest BCUT2D eigenvalue weighted by Crippen LogP contribution is -2.61. The van der Waals surface area contributed by atoms with Gasteiger partial charge in [-0.25, -0.2) is 0 Å². The van der Waals surface area contributed by atoms with Crippen LogP contribution >= 0.6 is 0 Å². The van der Waals surface area contributed by atoms with E-state index in [2.05, 4.69) is 74.4 Å². The van der Waals surface area contributed by atoms with Crippen molar-refractivity contribution in [2.45, 2.75) is 203 Å². The van der Waals surface area contributed by atoms with Crippen molar-refractivity contribution in [3.63, 3.8) is 0 Å². The molecule has 12 amide bonds. The number of ether oxygens (including phenoxy) is 2. The van der Waals surface area contributed by atoms with Gasteiger partial charge in [0.25, 0.3) is 0 Å². The van der Waals surface area contributed by atoms with E-state index in [9.17, 15) is 43.2 Å². The minimum Gasteiger partial charge on any atom is -0.490 e. The third kappa shape index (κ3) is 35.0. The third-order valence-corrected chi connectivity index (χ3v) is 18.8. The number of likely N-dealkylation sites (tertiary alicyclic amines) is 1. The number of hydrogen-bond donors (Lipinski definition) is 24. The fourth-order valence-electron chi connectivity index (χ4n) is 12.8. The highest BCUT2D eigenvalue weighted by atomic mass is 16.5. The second kappa shape index (κ2) is 50.0. The van der Waals surface area contributed by atoms with Gasteiger partial charge in [0.15, 0.2) is 23.8 Å². The molecule has 39 nitrogen and oxygen atoms in total. The van der Waals surface area contributed by atoms with E-state index < -0.39 is 149 Å². The summed E-state index contributed by atoms with van der Waals surface area (Å²) in [5, 5.41) is 68.8. The van der Waals surface area contributed by atoms with Crippen molar-refractivity contribution in [3.05, 3.63) is 108 Å². The Bertz CT molecular complexity index is 3850. The number of nitrogens with one attached hydrogen (secondary N) is 18. The second-order valence-corrected chi connectivity index (χ2v) is 28.9. The molecule has 0 aliphatic carbocycles. The maximum atomic E-state index is 15.2. The molecule has 4 bridgehead atoms. The maximum absolute atomic E-state index is 15.2. The number of benzene rings is 3. The number of fused-ring (bicyclic) bond motifs is 11. The van der Waals surface area contributed by atoms with Crippen molar-refractivity contribution in [1.29, 1.82) is 21.6 Å². The van der Waals surface area contributed by atoms with Gasteiger partial charge >= 0.3 is 0 Å². The Hall–Kier alpha value is -12.3. The first-order valence-corrected chi connectivity index (χ1v) is 39.0. The van der Waals surface area contributed by atoms with E-state index in [1.165, 1.54) is 18.7 Å². The van der Waals surface area contributed by atoms with Gasteiger partial charge in [0.1, 0.15) is 91.2 Å². The van der Waals surface area contributed by atoms with E-state index in [4.69, 9.17) is 65.5 Å². The molecule has 11 atom stereocenters. The Morgan fingerprint density at radius 3 is 1.54 bits per heavy atom. The molecule has 0 radical (unpaired) electrons. The minimum absolute atomic E-state index is 0.0212. The molecule has 636 valence electrons. The molecular formula is C77H119N25O14. The number of rotatable bonds is 43. The fraction of sp³-hybridized carbons (Fsp3) is 0.532. The highest BCUT2D eigenvalue weighted by molar-refractivity contribution is 6.00. The summed E-state index contributed by atoms with van der Waals surface area (Å²) in [4.78, 5) is 173. The summed E-state index contributed by atoms with van der Waals surface area (Å²) in [6, 6.07) is 7.61. The van der Waals surface area contributed by atoms with Crippen LogP contribution in [0.3, 0.4) is 0 Å². The van der Waals surface area contributed by atoms with Crippen molar-refractivity contribution in [1.82, 2.24) is 79.3 Å². The number of hydrogen-bond acceptors (Lipinski definition) is 19. The smallest absolute Gasteiger partial charge is 0.245 e. The molecule has 3 aromatic carbocycles. The molecule has 3 aromatic rings. The average Bonchev–Trinajstić information content (AvgIpc) is 1.73. The van der Waals surface area contributed by atoms with E-state index in [0.29, 0.717) is 54.0 Å². The third-order valence-electron chi connectivity index (χ3n) is 18.8. The van der Waals surface area contributed by atoms with Gasteiger partial charge in [-0.05, 0) is 162 Å². The van der Waals surface area contributed by atoms with Gasteiger partial charge in [-0.15, -0.1) is 0 Å². The van der Waals surface area contributed by atoms with E-state index in [1.54, 1.807) is 105 Å². The van der Waals surface area contributed by atoms with Crippen LogP contribution in [-0.4, -0.2) is 219 Å². The van der Waals surface area contributed by atoms with Gasteiger partial charge in [-0.1, -0.05) is 68.4 Å². The van der Waals surface area contributed by atoms with Gasteiger partial charge in [0.2, 0.25) is 70.9 Å². The standard InChI is InChI=1S/C77H119N25O14/c1-45(2)40-58(68(109)96-55(24-14-34-89-75(82)83)66(107)95-54(23-13-33-88-74(80)81)65(106)92-46(3)64(105)98-57(26-16-36-91-77(86)87)73(114)102-37-17-27-62(102)72(113)94-53(63(79)104)22-8-9-32-78)99-67(108)56(25-15-35-90-76(84)85)97-70(111)60-43-49-28-30-51(31-29-49)115-38-10-11-39-116-52-21-12-20-50(41-52)44-61(71(112)100-60)101-69(110)59(93-47(4)103)42-48-18-6-5-7-19-48/h5-7,10-12,18-21,28-31,41,45-46,53-62H,8-9,13-17,22-27,32-40,42-44,78H2,1-4H3,(H2,79,104)(H,92,106)(H,93,103)(H,94,113)(H,95,107)(H,96,109)(H,97,111)(H,98,105)(H,99,108)(H,100,112)(H,101,110)(H4,80,81,88)(H4,82,83,89)(H4,84,85,90)(H4,86,87,91)/b11-10+/t46-,53+,54+,55+,56+,57+,58+,59+,60+,61+,62+/m1/s1. The van der Waals surface area contributed by atoms with Crippen molar-refractivity contribution < 1.29 is 67.0 Å². The fourth-order valence-corrected chi connectivity index (χ4v) is 12.8. The summed E-state index contributed by atoms with van der Waals surface area (Å²) in [6.07, 6.45) is 4.98. The van der Waals surface area contributed by atoms with Crippen molar-refractivity contribution in [3.8, 4) is 11.5 Å². The zero-order valence-electron chi connectivity index (χ0n) is 66.4. The molecule has 116 heavy (non-hydrogen) atoms. The SMILES string of the molecule is CC(=O)N[C@@H](Cc1ccccc1)C(=O)N[C@H]1Cc2cccc(c2)OC/C=C/COc2ccc(cc2)C[C@@H](C(=O)N[C@@H](CCCNC(=N)N)C(=O)N[C@@H](CC(C)C)C(=O)N[C@@H](CCCNC(=N)N)C(=O)N[C@@H](CCCNC(=N)N)C(=O)N[C@H](C)C(=O)N[C@@H](CCCNC(=N)N)C(=O)N2CCC[C@H]2C(=O)N[C@@H](CCCCN)C(N)=O)NC1=O. The van der Waals surface area contributed by atoms with Crippen molar-refractivity contribution in [2.75, 3.05) is 52.5 Å². The molecule has 3 heterocycles. The van der Waals surface area contributed by atoms with Crippen LogP contribution in [0.4, 0.5) is 0 Å². The zero-order chi connectivity index (χ0) is 85.2. The molecule has 1 saturated heterocycles. The number of amides is 12. The van der Waals surface area contributed by atoms with Crippen LogP contribution in [0.2, 0.25) is 0 Å². The molecule has 3 aliphatic heterocycles. The summed E-state index contributed by atoms with van der Waals surface area (Å²) in [5.74, 6) is -10.5. The molecule has 3 aliphatic rings. The van der Waals surface area contributed by atoms with E-state index in [1.807, 2.05) is 0 Å². The van der Waals surface area contributed by atoms with Crippen LogP contribution in [0, 0.1) is 27.6 Å². The van der Waals surface area contributed by atoms with Crippen molar-refractivity contribution >= 4 is 94.7 Å². The van der Waals surface area contributed by atoms with Gasteiger partial charge < -0.3 is 123 Å². The van der Waals surface area contributed by atoms with Crippen LogP contribution < -0.4 is 118 Å². The number of unbranched alkanes of at least 4 members (excludes halogenated alkanes) is 1. The van der Waals surface area contributed by atoms with E-state index in [0.717, 1.165) is 0 Å². The van der Waals surface area contributed by atoms with Gasteiger partial charge in [-0.3, -0.25) is 79.2 Å². The van der Waals surface area contributed by atoms with Gasteiger partial charge in [-0.2, -0.15) is 0 Å². The Kier molecular flexibility index (Phi) is 40.7. The number of nitrogens with zero attached hydrogens (tertiary/aromatic N) is 1. The molecule has 30 N–H and O–H groups in total. The molecule has 6 rings (SSSR count). The van der Waals surface area contributed by atoms with E-state index >= 15 is 14.4 Å². The maximum Gasteiger partial charge on any atom is 0.245 e. The summed E-state index contributed by atoms with van der Waals surface area (Å²) < 4.78 is 11.9. The minimum atomic E-state index is -1.50. The monoisotopic (exact) mass is 1620 g/mol. The van der Waals surface area contributed by atoms with Gasteiger partial charge in [0, 0.05) is 58.9 Å². The van der Waals surface area contributed by atoms with Crippen LogP contribution in [0.25, 0.3) is 0 Å². The number of guanidine groups is 4. The Balaban J connectivity index is 1.45. The highest BCUT2D eigenvalue weighted by Gasteiger charge is 2.41. The van der Waals surface area contributed by atoms with Crippen LogP contribution in [0.5, 0.6) is 11.5 Å². The predicted octanol–water partition coefficient (Wildman–Crippen LogP) is -3.37. The van der Waals surface area contributed by atoms with Crippen molar-refractivity contribution in [2.24, 2.45) is 40.3 Å². The molecular weight excluding hydrogens is 1500 g/mol. The van der Waals surface area contributed by atoms with E-state index in [-0.39, 0.29) is 154 Å². The summed E-state index contributed by atoms with van der Waals surface area (Å²) in [7, 11) is 0. The van der Waals surface area contributed by atoms with Crippen LogP contribution in [0.15, 0.2) is 91.0 Å². The Morgan fingerprint density at radius 2 is 1.01 bits per heavy atom. The lowest BCUT2D eigenvalue weighted by atomic mass is 9.99. The first-order valence-electron chi connectivity index (χ1n) is 39.0. The van der Waals surface area contributed by atoms with Crippen LogP contribution in [0.1, 0.15) is 134 Å². The predicted molar refractivity (Wildman–Crippen MR) is 434 cm³/mol. The number of carbonyl (C=O) groups is 12. The molecule has 0 aromatic heterocycles. The van der Waals surface area contributed by atoms with Gasteiger partial charge in [0.05, 0.1) is 0 Å². The lowest BCUT2D eigenvalue weighted by molar-refractivity contribution is -0.142.